The van der Waals surface area contributed by atoms with E-state index in [0.717, 1.165) is 24.2 Å². The van der Waals surface area contributed by atoms with E-state index >= 15 is 0 Å². The molecule has 6 heteroatoms. The molecule has 1 aromatic heterocycles. The highest BCUT2D eigenvalue weighted by molar-refractivity contribution is 5.24. The van der Waals surface area contributed by atoms with Crippen LogP contribution in [0.25, 0.3) is 0 Å². The monoisotopic (exact) mass is 307 g/mol. The predicted octanol–water partition coefficient (Wildman–Crippen LogP) is 2.05. The number of likely N-dealkylation sites (tertiary alicyclic amines) is 1. The maximum absolute atomic E-state index is 14.0. The molecule has 0 spiro atoms. The summed E-state index contributed by atoms with van der Waals surface area (Å²) in [7, 11) is 1.87. The molecule has 3 rings (SSSR count). The van der Waals surface area contributed by atoms with Gasteiger partial charge in [-0.25, -0.2) is 8.78 Å². The van der Waals surface area contributed by atoms with Crippen LogP contribution >= 0.6 is 0 Å². The molecule has 22 heavy (non-hydrogen) atoms. The second kappa shape index (κ2) is 6.14. The molecule has 1 saturated heterocycles. The first-order valence-electron chi connectivity index (χ1n) is 7.38. The molecule has 2 atom stereocenters. The molecule has 1 fully saturated rings. The Morgan fingerprint density at radius 1 is 1.32 bits per heavy atom. The highest BCUT2D eigenvalue weighted by atomic mass is 19.1. The minimum Gasteiger partial charge on any atom is -0.392 e. The highest BCUT2D eigenvalue weighted by Gasteiger charge is 2.33. The van der Waals surface area contributed by atoms with Gasteiger partial charge in [-0.3, -0.25) is 9.58 Å². The summed E-state index contributed by atoms with van der Waals surface area (Å²) in [6.45, 7) is 1.13. The number of hydrogen-bond donors (Lipinski definition) is 1. The smallest absolute Gasteiger partial charge is 0.128 e. The van der Waals surface area contributed by atoms with E-state index in [1.54, 1.807) is 10.9 Å². The van der Waals surface area contributed by atoms with Gasteiger partial charge < -0.3 is 5.11 Å². The van der Waals surface area contributed by atoms with E-state index in [-0.39, 0.29) is 6.04 Å². The fourth-order valence-electron chi connectivity index (χ4n) is 3.12. The van der Waals surface area contributed by atoms with Crippen molar-refractivity contribution in [3.05, 3.63) is 53.4 Å². The molecule has 1 aliphatic heterocycles. The first-order valence-corrected chi connectivity index (χ1v) is 7.38. The molecule has 1 aromatic carbocycles. The normalized spacial score (nSPS) is 22.4. The molecule has 118 valence electrons. The van der Waals surface area contributed by atoms with Gasteiger partial charge in [0.15, 0.2) is 0 Å². The van der Waals surface area contributed by atoms with Crippen molar-refractivity contribution >= 4 is 0 Å². The topological polar surface area (TPSA) is 41.3 Å². The van der Waals surface area contributed by atoms with Gasteiger partial charge in [-0.1, -0.05) is 0 Å². The van der Waals surface area contributed by atoms with Crippen LogP contribution in [0, 0.1) is 11.6 Å². The fraction of sp³-hybridized carbons (Fsp3) is 0.438. The zero-order valence-electron chi connectivity index (χ0n) is 12.4. The van der Waals surface area contributed by atoms with Crippen molar-refractivity contribution in [3.8, 4) is 0 Å². The maximum atomic E-state index is 14.0. The number of aliphatic hydroxyl groups is 1. The summed E-state index contributed by atoms with van der Waals surface area (Å²) in [5.41, 5.74) is 1.39. The average molecular weight is 307 g/mol. The number of aryl methyl sites for hydroxylation is 1. The van der Waals surface area contributed by atoms with Crippen LogP contribution in [0.2, 0.25) is 0 Å². The van der Waals surface area contributed by atoms with E-state index in [0.29, 0.717) is 25.1 Å². The van der Waals surface area contributed by atoms with E-state index < -0.39 is 17.7 Å². The number of halogens is 2. The Kier molecular flexibility index (Phi) is 4.22. The second-order valence-corrected chi connectivity index (χ2v) is 5.76. The van der Waals surface area contributed by atoms with Crippen molar-refractivity contribution in [2.45, 2.75) is 25.0 Å². The van der Waals surface area contributed by atoms with Gasteiger partial charge in [-0.15, -0.1) is 0 Å². The van der Waals surface area contributed by atoms with Gasteiger partial charge in [0.1, 0.15) is 11.6 Å². The lowest BCUT2D eigenvalue weighted by atomic mass is 10.0. The molecule has 1 aliphatic rings. The Hall–Kier alpha value is -1.79. The van der Waals surface area contributed by atoms with E-state index in [2.05, 4.69) is 5.10 Å². The van der Waals surface area contributed by atoms with Crippen LogP contribution in [-0.4, -0.2) is 39.0 Å². The quantitative estimate of drug-likeness (QED) is 0.940. The zero-order chi connectivity index (χ0) is 15.7. The van der Waals surface area contributed by atoms with Gasteiger partial charge in [0.25, 0.3) is 0 Å². The van der Waals surface area contributed by atoms with E-state index in [9.17, 15) is 13.9 Å². The standard InChI is InChI=1S/C16H19F2N3O/c1-20-12(4-6-19-20)5-7-21-10-13(22)9-16(21)14-8-11(17)2-3-15(14)18/h2-4,6,8,13,16,22H,5,7,9-10H2,1H3/t13-,16-/m0/s1. The average Bonchev–Trinajstić information content (AvgIpc) is 3.05. The number of nitrogens with zero attached hydrogens (tertiary/aromatic N) is 3. The third-order valence-electron chi connectivity index (χ3n) is 4.28. The van der Waals surface area contributed by atoms with Crippen LogP contribution in [0.3, 0.4) is 0 Å². The van der Waals surface area contributed by atoms with Gasteiger partial charge in [-0.05, 0) is 30.7 Å². The van der Waals surface area contributed by atoms with Crippen LogP contribution in [0.15, 0.2) is 30.5 Å². The third kappa shape index (κ3) is 3.03. The van der Waals surface area contributed by atoms with Gasteiger partial charge >= 0.3 is 0 Å². The van der Waals surface area contributed by atoms with Gasteiger partial charge in [0.05, 0.1) is 6.10 Å². The van der Waals surface area contributed by atoms with Crippen molar-refractivity contribution in [3.63, 3.8) is 0 Å². The molecule has 1 N–H and O–H groups in total. The van der Waals surface area contributed by atoms with Crippen LogP contribution in [-0.2, 0) is 13.5 Å². The maximum Gasteiger partial charge on any atom is 0.128 e. The molecule has 0 aliphatic carbocycles. The summed E-state index contributed by atoms with van der Waals surface area (Å²) >= 11 is 0. The number of hydrogen-bond acceptors (Lipinski definition) is 3. The predicted molar refractivity (Wildman–Crippen MR) is 78.2 cm³/mol. The van der Waals surface area contributed by atoms with Crippen LogP contribution < -0.4 is 0 Å². The summed E-state index contributed by atoms with van der Waals surface area (Å²) < 4.78 is 29.2. The SMILES string of the molecule is Cn1nccc1CCN1C[C@@H](O)C[C@H]1c1cc(F)ccc1F. The van der Waals surface area contributed by atoms with Crippen LogP contribution in [0.5, 0.6) is 0 Å². The summed E-state index contributed by atoms with van der Waals surface area (Å²) in [6.07, 6.45) is 2.39. The van der Waals surface area contributed by atoms with E-state index in [1.165, 1.54) is 6.07 Å². The minimum absolute atomic E-state index is 0.293. The van der Waals surface area contributed by atoms with Crippen LogP contribution in [0.1, 0.15) is 23.7 Å². The lowest BCUT2D eigenvalue weighted by Gasteiger charge is -2.24. The molecular formula is C16H19F2N3O. The van der Waals surface area contributed by atoms with Crippen molar-refractivity contribution < 1.29 is 13.9 Å². The highest BCUT2D eigenvalue weighted by Crippen LogP contribution is 2.34. The summed E-state index contributed by atoms with van der Waals surface area (Å²) in [5.74, 6) is -0.879. The lowest BCUT2D eigenvalue weighted by molar-refractivity contribution is 0.175. The first kappa shape index (κ1) is 15.1. The van der Waals surface area contributed by atoms with Crippen molar-refractivity contribution in [1.29, 1.82) is 0 Å². The van der Waals surface area contributed by atoms with Gasteiger partial charge in [0.2, 0.25) is 0 Å². The largest absolute Gasteiger partial charge is 0.392 e. The molecule has 0 amide bonds. The number of aromatic nitrogens is 2. The summed E-state index contributed by atoms with van der Waals surface area (Å²) in [5, 5.41) is 14.0. The second-order valence-electron chi connectivity index (χ2n) is 5.76. The first-order chi connectivity index (χ1) is 10.5. The number of aliphatic hydroxyl groups excluding tert-OH is 1. The zero-order valence-corrected chi connectivity index (χ0v) is 12.4. The van der Waals surface area contributed by atoms with Gasteiger partial charge in [0, 0.05) is 50.1 Å². The molecule has 2 heterocycles. The molecule has 0 radical (unpaired) electrons. The summed E-state index contributed by atoms with van der Waals surface area (Å²) in [6, 6.07) is 5.14. The molecule has 4 nitrogen and oxygen atoms in total. The Bertz CT molecular complexity index is 659. The van der Waals surface area contributed by atoms with E-state index in [4.69, 9.17) is 0 Å². The Labute approximate surface area is 128 Å². The third-order valence-corrected chi connectivity index (χ3v) is 4.28. The molecule has 0 bridgehead atoms. The van der Waals surface area contributed by atoms with Crippen molar-refractivity contribution in [2.75, 3.05) is 13.1 Å². The van der Waals surface area contributed by atoms with Crippen LogP contribution in [0.4, 0.5) is 8.78 Å². The summed E-state index contributed by atoms with van der Waals surface area (Å²) in [4.78, 5) is 2.01. The molecular weight excluding hydrogens is 288 g/mol. The Morgan fingerprint density at radius 3 is 2.86 bits per heavy atom. The number of rotatable bonds is 4. The molecule has 0 unspecified atom stereocenters. The fourth-order valence-corrected chi connectivity index (χ4v) is 3.12. The number of benzene rings is 1. The van der Waals surface area contributed by atoms with E-state index in [1.807, 2.05) is 18.0 Å². The molecule has 2 aromatic rings. The van der Waals surface area contributed by atoms with Crippen molar-refractivity contribution in [2.24, 2.45) is 7.05 Å². The minimum atomic E-state index is -0.515. The molecule has 0 saturated carbocycles. The Balaban J connectivity index is 1.77. The van der Waals surface area contributed by atoms with Crippen molar-refractivity contribution in [1.82, 2.24) is 14.7 Å². The van der Waals surface area contributed by atoms with Gasteiger partial charge in [-0.2, -0.15) is 5.10 Å². The Morgan fingerprint density at radius 2 is 2.14 bits per heavy atom. The number of β-amino-alcohol motifs (C(OH)–C–C–N with tert-alkyl or cyclic N) is 1. The lowest BCUT2D eigenvalue weighted by Crippen LogP contribution is -2.28.